The highest BCUT2D eigenvalue weighted by Gasteiger charge is 2.39. The molecular formula is C16H13F3N4O4. The Morgan fingerprint density at radius 2 is 2.00 bits per heavy atom. The first-order valence-corrected chi connectivity index (χ1v) is 8.06. The number of halogens is 3. The number of nitrogens with one attached hydrogen (secondary N) is 2. The van der Waals surface area contributed by atoms with E-state index >= 15 is 0 Å². The van der Waals surface area contributed by atoms with E-state index in [4.69, 9.17) is 4.74 Å². The Bertz CT molecular complexity index is 911. The zero-order chi connectivity index (χ0) is 19.2. The maximum atomic E-state index is 12.3. The number of anilines is 1. The van der Waals surface area contributed by atoms with E-state index in [9.17, 15) is 22.8 Å². The molecular weight excluding hydrogens is 369 g/mol. The van der Waals surface area contributed by atoms with Gasteiger partial charge in [-0.05, 0) is 25.0 Å². The van der Waals surface area contributed by atoms with Crippen LogP contribution >= 0.6 is 0 Å². The van der Waals surface area contributed by atoms with Crippen molar-refractivity contribution < 1.29 is 32.2 Å². The molecule has 1 aromatic carbocycles. The maximum absolute atomic E-state index is 12.3. The number of H-pyrrole nitrogens is 1. The fraction of sp³-hybridized carbons (Fsp3) is 0.312. The van der Waals surface area contributed by atoms with Gasteiger partial charge in [-0.1, -0.05) is 6.07 Å². The maximum Gasteiger partial charge on any atom is 0.573 e. The molecule has 2 aliphatic rings. The molecule has 0 spiro atoms. The molecule has 0 aliphatic carbocycles. The van der Waals surface area contributed by atoms with Gasteiger partial charge in [0.1, 0.15) is 17.5 Å². The van der Waals surface area contributed by atoms with Gasteiger partial charge >= 0.3 is 12.4 Å². The highest BCUT2D eigenvalue weighted by Crippen LogP contribution is 2.33. The van der Waals surface area contributed by atoms with E-state index in [1.807, 2.05) is 0 Å². The summed E-state index contributed by atoms with van der Waals surface area (Å²) in [7, 11) is 0. The first-order chi connectivity index (χ1) is 12.8. The van der Waals surface area contributed by atoms with E-state index in [2.05, 4.69) is 20.0 Å². The van der Waals surface area contributed by atoms with Crippen molar-refractivity contribution in [1.29, 1.82) is 0 Å². The predicted octanol–water partition coefficient (Wildman–Crippen LogP) is 2.34. The monoisotopic (exact) mass is 382 g/mol. The van der Waals surface area contributed by atoms with Gasteiger partial charge in [0, 0.05) is 12.6 Å². The van der Waals surface area contributed by atoms with Crippen LogP contribution in [0.15, 0.2) is 24.3 Å². The lowest BCUT2D eigenvalue weighted by Crippen LogP contribution is -2.42. The minimum Gasteiger partial charge on any atom is -0.425 e. The third-order valence-corrected chi connectivity index (χ3v) is 4.21. The van der Waals surface area contributed by atoms with Crippen molar-refractivity contribution in [1.82, 2.24) is 15.3 Å². The van der Waals surface area contributed by atoms with E-state index in [0.717, 1.165) is 18.6 Å². The SMILES string of the molecule is O=C1NC(=O)C2CCCN2c2nc(Oc3cccc(OC(F)(F)F)c3)[nH]c21. The van der Waals surface area contributed by atoms with Gasteiger partial charge in [0.2, 0.25) is 5.91 Å². The fourth-order valence-electron chi connectivity index (χ4n) is 3.15. The summed E-state index contributed by atoms with van der Waals surface area (Å²) in [5.74, 6) is -1.16. The highest BCUT2D eigenvalue weighted by atomic mass is 19.4. The number of hydrogen-bond acceptors (Lipinski definition) is 6. The van der Waals surface area contributed by atoms with E-state index in [1.54, 1.807) is 4.90 Å². The lowest BCUT2D eigenvalue weighted by atomic mass is 10.2. The summed E-state index contributed by atoms with van der Waals surface area (Å²) < 4.78 is 46.3. The number of carbonyl (C=O) groups is 2. The zero-order valence-electron chi connectivity index (χ0n) is 13.7. The zero-order valence-corrected chi connectivity index (χ0v) is 13.7. The molecule has 1 aromatic heterocycles. The molecule has 2 aliphatic heterocycles. The van der Waals surface area contributed by atoms with Crippen molar-refractivity contribution in [2.45, 2.75) is 25.2 Å². The number of aromatic amines is 1. The summed E-state index contributed by atoms with van der Waals surface area (Å²) in [6.07, 6.45) is -3.46. The third-order valence-electron chi connectivity index (χ3n) is 4.21. The van der Waals surface area contributed by atoms with Crippen molar-refractivity contribution in [3.63, 3.8) is 0 Å². The number of imide groups is 1. The van der Waals surface area contributed by atoms with Crippen LogP contribution in [0.3, 0.4) is 0 Å². The number of alkyl halides is 3. The largest absolute Gasteiger partial charge is 0.573 e. The number of amides is 2. The number of rotatable bonds is 3. The molecule has 0 bridgehead atoms. The van der Waals surface area contributed by atoms with E-state index in [-0.39, 0.29) is 29.2 Å². The second-order valence-electron chi connectivity index (χ2n) is 6.04. The Kier molecular flexibility index (Phi) is 3.93. The molecule has 27 heavy (non-hydrogen) atoms. The van der Waals surface area contributed by atoms with Crippen molar-refractivity contribution in [3.8, 4) is 17.5 Å². The van der Waals surface area contributed by atoms with Crippen molar-refractivity contribution in [2.75, 3.05) is 11.4 Å². The summed E-state index contributed by atoms with van der Waals surface area (Å²) in [4.78, 5) is 32.8. The third kappa shape index (κ3) is 3.39. The Labute approximate surface area is 150 Å². The van der Waals surface area contributed by atoms with Crippen molar-refractivity contribution >= 4 is 17.6 Å². The van der Waals surface area contributed by atoms with Gasteiger partial charge in [0.05, 0.1) is 0 Å². The molecule has 2 aromatic rings. The lowest BCUT2D eigenvalue weighted by Gasteiger charge is -2.20. The molecule has 2 N–H and O–H groups in total. The van der Waals surface area contributed by atoms with Crippen LogP contribution in [-0.4, -0.2) is 40.7 Å². The smallest absolute Gasteiger partial charge is 0.425 e. The summed E-state index contributed by atoms with van der Waals surface area (Å²) in [6, 6.07) is 4.34. The van der Waals surface area contributed by atoms with Crippen LogP contribution in [0.4, 0.5) is 19.0 Å². The molecule has 1 atom stereocenters. The Balaban J connectivity index is 1.61. The molecule has 142 valence electrons. The first kappa shape index (κ1) is 17.2. The van der Waals surface area contributed by atoms with Crippen LogP contribution in [0.5, 0.6) is 17.5 Å². The average molecular weight is 382 g/mol. The molecule has 0 saturated carbocycles. The fourth-order valence-corrected chi connectivity index (χ4v) is 3.15. The molecule has 3 heterocycles. The van der Waals surface area contributed by atoms with E-state index in [0.29, 0.717) is 13.0 Å². The standard InChI is InChI=1S/C16H13F3N4O4/c17-16(18,19)27-9-4-1-3-8(7-9)26-15-20-11-12(21-15)23-6-2-5-10(23)13(24)22-14(11)25/h1,3-4,7,10H,2,5-6H2,(H,20,21)(H,22,24,25). The van der Waals surface area contributed by atoms with Gasteiger partial charge in [-0.25, -0.2) is 0 Å². The molecule has 8 nitrogen and oxygen atoms in total. The van der Waals surface area contributed by atoms with Crippen LogP contribution in [0.1, 0.15) is 23.3 Å². The number of aromatic nitrogens is 2. The number of carbonyl (C=O) groups excluding carboxylic acids is 2. The van der Waals surface area contributed by atoms with Crippen LogP contribution in [-0.2, 0) is 4.79 Å². The first-order valence-electron chi connectivity index (χ1n) is 8.06. The van der Waals surface area contributed by atoms with Crippen LogP contribution in [0, 0.1) is 0 Å². The van der Waals surface area contributed by atoms with Gasteiger partial charge in [-0.15, -0.1) is 13.2 Å². The quantitative estimate of drug-likeness (QED) is 0.791. The molecule has 1 fully saturated rings. The molecule has 2 amide bonds. The minimum absolute atomic E-state index is 0.0371. The number of benzene rings is 1. The van der Waals surface area contributed by atoms with Crippen LogP contribution in [0.2, 0.25) is 0 Å². The highest BCUT2D eigenvalue weighted by molar-refractivity contribution is 6.10. The Hall–Kier alpha value is -3.24. The number of hydrogen-bond donors (Lipinski definition) is 2. The van der Waals surface area contributed by atoms with E-state index < -0.39 is 24.1 Å². The Morgan fingerprint density at radius 1 is 1.22 bits per heavy atom. The summed E-state index contributed by atoms with van der Waals surface area (Å²) in [5.41, 5.74) is 0.0606. The average Bonchev–Trinajstić information content (AvgIpc) is 3.18. The van der Waals surface area contributed by atoms with Crippen molar-refractivity contribution in [3.05, 3.63) is 30.0 Å². The lowest BCUT2D eigenvalue weighted by molar-refractivity contribution is -0.274. The molecule has 11 heteroatoms. The van der Waals surface area contributed by atoms with Gasteiger partial charge in [0.15, 0.2) is 11.5 Å². The second kappa shape index (κ2) is 6.18. The van der Waals surface area contributed by atoms with Gasteiger partial charge in [-0.2, -0.15) is 4.98 Å². The molecule has 0 radical (unpaired) electrons. The number of nitrogens with zero attached hydrogens (tertiary/aromatic N) is 2. The normalized spacial score (nSPS) is 19.2. The topological polar surface area (TPSA) is 96.6 Å². The minimum atomic E-state index is -4.82. The summed E-state index contributed by atoms with van der Waals surface area (Å²) in [6.45, 7) is 0.553. The predicted molar refractivity (Wildman–Crippen MR) is 84.6 cm³/mol. The number of fused-ring (bicyclic) bond motifs is 3. The van der Waals surface area contributed by atoms with Gasteiger partial charge < -0.3 is 19.4 Å². The van der Waals surface area contributed by atoms with Crippen LogP contribution in [0.25, 0.3) is 0 Å². The number of imidazole rings is 1. The summed E-state index contributed by atoms with van der Waals surface area (Å²) >= 11 is 0. The van der Waals surface area contributed by atoms with Crippen LogP contribution < -0.4 is 19.7 Å². The Morgan fingerprint density at radius 3 is 2.78 bits per heavy atom. The molecule has 1 saturated heterocycles. The molecule has 4 rings (SSSR count). The molecule has 1 unspecified atom stereocenters. The van der Waals surface area contributed by atoms with Crippen molar-refractivity contribution in [2.24, 2.45) is 0 Å². The van der Waals surface area contributed by atoms with Gasteiger partial charge in [0.25, 0.3) is 5.91 Å². The van der Waals surface area contributed by atoms with Gasteiger partial charge in [-0.3, -0.25) is 14.9 Å². The second-order valence-corrected chi connectivity index (χ2v) is 6.04. The van der Waals surface area contributed by atoms with E-state index in [1.165, 1.54) is 12.1 Å². The number of ether oxygens (including phenoxy) is 2. The summed E-state index contributed by atoms with van der Waals surface area (Å²) in [5, 5.41) is 2.29.